The summed E-state index contributed by atoms with van der Waals surface area (Å²) in [5.74, 6) is -1.21. The maximum atomic E-state index is 13.1. The number of sulfonamides is 1. The Bertz CT molecular complexity index is 1710. The molecule has 13 nitrogen and oxygen atoms in total. The van der Waals surface area contributed by atoms with Crippen molar-refractivity contribution in [2.75, 3.05) is 47.1 Å². The number of phenols is 1. The number of benzene rings is 3. The standard InChI is InChI=1S/C26H27N3O6S.CH4O4S/c1-29(2,3)14-6-13-28-36(33,34)17-11-9-16(10-12-17)35-21-15-20(30)22-23(24(21)27)26(32)19-8-5-4-7-18(19)25(22)31;1-5-6(2,3)4/h4-5,7-12,15,28H,6,13-14H2,1-3H3,(H2-,27,30,31,32);1H3,(H,2,3,4). The van der Waals surface area contributed by atoms with Gasteiger partial charge in [0.1, 0.15) is 11.5 Å². The number of quaternary nitrogens is 1. The number of phenolic OH excluding ortho intramolecular Hbond substituents is 1. The van der Waals surface area contributed by atoms with Gasteiger partial charge in [0.2, 0.25) is 20.4 Å². The molecule has 4 N–H and O–H groups in total. The fourth-order valence-corrected chi connectivity index (χ4v) is 5.09. The number of nitrogens with zero attached hydrogens (tertiary/aromatic N) is 1. The van der Waals surface area contributed by atoms with E-state index in [1.54, 1.807) is 12.1 Å². The summed E-state index contributed by atoms with van der Waals surface area (Å²) in [6, 6.07) is 13.2. The summed E-state index contributed by atoms with van der Waals surface area (Å²) in [4.78, 5) is 26.0. The highest BCUT2D eigenvalue weighted by molar-refractivity contribution is 7.89. The summed E-state index contributed by atoms with van der Waals surface area (Å²) in [5, 5.41) is 10.6. The minimum absolute atomic E-state index is 0.0270. The third kappa shape index (κ3) is 7.90. The quantitative estimate of drug-likeness (QED) is 0.0616. The SMILES string of the molecule is COS(=O)(=O)[O-].C[N+](C)(C)CCCNS(=O)(=O)c1ccc(Oc2cc(O)c3c(c2N)C(=O)c2ccccc2C3=O)cc1. The van der Waals surface area contributed by atoms with Crippen LogP contribution in [0, 0.1) is 0 Å². The van der Waals surface area contributed by atoms with Gasteiger partial charge in [-0.05, 0) is 24.3 Å². The minimum atomic E-state index is -4.41. The number of nitrogen functional groups attached to an aromatic ring is 1. The number of carbonyl (C=O) groups is 2. The largest absolute Gasteiger partial charge is 0.726 e. The Morgan fingerprint density at radius 2 is 1.45 bits per heavy atom. The molecule has 226 valence electrons. The maximum absolute atomic E-state index is 13.1. The summed E-state index contributed by atoms with van der Waals surface area (Å²) in [6.45, 7) is 1.14. The Kier molecular flexibility index (Phi) is 9.77. The third-order valence-corrected chi connectivity index (χ3v) is 7.93. The number of nitrogens with one attached hydrogen (secondary N) is 1. The Morgan fingerprint density at radius 3 is 1.95 bits per heavy atom. The highest BCUT2D eigenvalue weighted by atomic mass is 32.3. The van der Waals surface area contributed by atoms with Crippen LogP contribution in [0.3, 0.4) is 0 Å². The van der Waals surface area contributed by atoms with E-state index < -0.39 is 37.7 Å². The van der Waals surface area contributed by atoms with Gasteiger partial charge in [0.25, 0.3) is 0 Å². The van der Waals surface area contributed by atoms with Gasteiger partial charge in [-0.2, -0.15) is 0 Å². The summed E-state index contributed by atoms with van der Waals surface area (Å²) in [7, 11) is -1.19. The Hall–Kier alpha value is -3.86. The maximum Gasteiger partial charge on any atom is 0.240 e. The molecule has 0 spiro atoms. The van der Waals surface area contributed by atoms with Crippen molar-refractivity contribution >= 4 is 37.7 Å². The molecule has 0 bridgehead atoms. The van der Waals surface area contributed by atoms with Gasteiger partial charge in [-0.15, -0.1) is 0 Å². The molecule has 0 saturated carbocycles. The first-order chi connectivity index (χ1) is 19.4. The first-order valence-electron chi connectivity index (χ1n) is 12.4. The predicted molar refractivity (Wildman–Crippen MR) is 152 cm³/mol. The lowest BCUT2D eigenvalue weighted by molar-refractivity contribution is -0.870. The van der Waals surface area contributed by atoms with Crippen LogP contribution in [0.1, 0.15) is 38.3 Å². The van der Waals surface area contributed by atoms with Crippen LogP contribution in [0.5, 0.6) is 17.2 Å². The fraction of sp³-hybridized carbons (Fsp3) is 0.259. The van der Waals surface area contributed by atoms with Crippen LogP contribution >= 0.6 is 0 Å². The third-order valence-electron chi connectivity index (χ3n) is 6.04. The fourth-order valence-electron chi connectivity index (χ4n) is 4.02. The van der Waals surface area contributed by atoms with E-state index >= 15 is 0 Å². The Morgan fingerprint density at radius 1 is 0.929 bits per heavy atom. The molecular formula is C27H31N3O10S2. The van der Waals surface area contributed by atoms with Gasteiger partial charge < -0.3 is 24.6 Å². The Labute approximate surface area is 244 Å². The van der Waals surface area contributed by atoms with Gasteiger partial charge in [0, 0.05) is 30.2 Å². The minimum Gasteiger partial charge on any atom is -0.726 e. The van der Waals surface area contributed by atoms with Crippen molar-refractivity contribution in [3.05, 3.63) is 76.9 Å². The van der Waals surface area contributed by atoms with Crippen LogP contribution in [0.25, 0.3) is 0 Å². The molecule has 4 rings (SSSR count). The van der Waals surface area contributed by atoms with Crippen molar-refractivity contribution in [2.45, 2.75) is 11.3 Å². The molecule has 0 unspecified atom stereocenters. The number of hydrogen-bond donors (Lipinski definition) is 3. The number of fused-ring (bicyclic) bond motifs is 2. The summed E-state index contributed by atoms with van der Waals surface area (Å²) >= 11 is 0. The van der Waals surface area contributed by atoms with Crippen LogP contribution < -0.4 is 15.2 Å². The number of hydrogen-bond acceptors (Lipinski definition) is 11. The number of ketones is 2. The monoisotopic (exact) mass is 621 g/mol. The number of anilines is 1. The second kappa shape index (κ2) is 12.6. The van der Waals surface area contributed by atoms with Gasteiger partial charge >= 0.3 is 0 Å². The number of rotatable bonds is 9. The zero-order chi connectivity index (χ0) is 31.5. The van der Waals surface area contributed by atoms with Crippen molar-refractivity contribution in [1.29, 1.82) is 0 Å². The van der Waals surface area contributed by atoms with Crippen molar-refractivity contribution < 1.29 is 49.5 Å². The van der Waals surface area contributed by atoms with Gasteiger partial charge in [0.05, 0.1) is 56.5 Å². The number of carbonyl (C=O) groups excluding carboxylic acids is 2. The molecule has 0 saturated heterocycles. The average Bonchev–Trinajstić information content (AvgIpc) is 2.91. The van der Waals surface area contributed by atoms with Crippen molar-refractivity contribution in [3.63, 3.8) is 0 Å². The predicted octanol–water partition coefficient (Wildman–Crippen LogP) is 2.01. The highest BCUT2D eigenvalue weighted by Crippen LogP contribution is 2.42. The molecule has 1 aliphatic carbocycles. The van der Waals surface area contributed by atoms with Gasteiger partial charge in [0.15, 0.2) is 17.3 Å². The molecule has 0 atom stereocenters. The lowest BCUT2D eigenvalue weighted by Gasteiger charge is -2.23. The molecule has 1 aliphatic rings. The second-order valence-electron chi connectivity index (χ2n) is 10.2. The van der Waals surface area contributed by atoms with Crippen LogP contribution in [0.15, 0.2) is 59.5 Å². The normalized spacial score (nSPS) is 13.1. The van der Waals surface area contributed by atoms with E-state index in [2.05, 4.69) is 8.91 Å². The van der Waals surface area contributed by atoms with E-state index in [-0.39, 0.29) is 44.3 Å². The smallest absolute Gasteiger partial charge is 0.240 e. The van der Waals surface area contributed by atoms with E-state index in [0.717, 1.165) is 18.1 Å². The average molecular weight is 622 g/mol. The molecule has 0 heterocycles. The molecule has 3 aromatic rings. The molecule has 0 radical (unpaired) electrons. The molecule has 0 fully saturated rings. The summed E-state index contributed by atoms with van der Waals surface area (Å²) in [5.41, 5.74) is 6.23. The second-order valence-corrected chi connectivity index (χ2v) is 13.1. The van der Waals surface area contributed by atoms with Crippen LogP contribution in [0.2, 0.25) is 0 Å². The number of nitrogens with two attached hydrogens (primary N) is 1. The van der Waals surface area contributed by atoms with E-state index in [0.29, 0.717) is 13.0 Å². The van der Waals surface area contributed by atoms with Crippen LogP contribution in [0.4, 0.5) is 5.69 Å². The molecule has 15 heteroatoms. The van der Waals surface area contributed by atoms with Crippen molar-refractivity contribution in [1.82, 2.24) is 4.72 Å². The Balaban J connectivity index is 0.000000730. The first kappa shape index (κ1) is 32.7. The molecule has 0 amide bonds. The molecule has 0 aliphatic heterocycles. The van der Waals surface area contributed by atoms with Gasteiger partial charge in [-0.3, -0.25) is 13.8 Å². The van der Waals surface area contributed by atoms with Gasteiger partial charge in [-0.25, -0.2) is 21.6 Å². The topological polar surface area (TPSA) is 202 Å². The number of ether oxygens (including phenoxy) is 1. The van der Waals surface area contributed by atoms with E-state index in [4.69, 9.17) is 10.5 Å². The summed E-state index contributed by atoms with van der Waals surface area (Å²) < 4.78 is 65.3. The molecule has 0 aromatic heterocycles. The molecule has 3 aromatic carbocycles. The summed E-state index contributed by atoms with van der Waals surface area (Å²) in [6.07, 6.45) is 0.691. The van der Waals surface area contributed by atoms with E-state index in [1.165, 1.54) is 42.5 Å². The van der Waals surface area contributed by atoms with Crippen molar-refractivity contribution in [2.24, 2.45) is 0 Å². The molecular weight excluding hydrogens is 590 g/mol. The first-order valence-corrected chi connectivity index (χ1v) is 15.2. The van der Waals surface area contributed by atoms with E-state index in [9.17, 15) is 36.1 Å². The van der Waals surface area contributed by atoms with Crippen LogP contribution in [-0.2, 0) is 24.6 Å². The van der Waals surface area contributed by atoms with Gasteiger partial charge in [-0.1, -0.05) is 24.3 Å². The van der Waals surface area contributed by atoms with Crippen molar-refractivity contribution in [3.8, 4) is 17.2 Å². The zero-order valence-electron chi connectivity index (χ0n) is 23.3. The number of aromatic hydroxyl groups is 1. The lowest BCUT2D eigenvalue weighted by Crippen LogP contribution is -2.37. The van der Waals surface area contributed by atoms with E-state index in [1.807, 2.05) is 21.1 Å². The highest BCUT2D eigenvalue weighted by Gasteiger charge is 2.35. The lowest BCUT2D eigenvalue weighted by atomic mass is 9.82. The zero-order valence-corrected chi connectivity index (χ0v) is 24.9. The molecule has 42 heavy (non-hydrogen) atoms. The van der Waals surface area contributed by atoms with Crippen LogP contribution in [-0.4, -0.2) is 83.9 Å².